The highest BCUT2D eigenvalue weighted by molar-refractivity contribution is 5.85. The van der Waals surface area contributed by atoms with Crippen LogP contribution in [0.3, 0.4) is 0 Å². The summed E-state index contributed by atoms with van der Waals surface area (Å²) in [6.07, 6.45) is 4.43. The van der Waals surface area contributed by atoms with Crippen molar-refractivity contribution in [3.05, 3.63) is 35.5 Å². The van der Waals surface area contributed by atoms with Crippen molar-refractivity contribution in [2.45, 2.75) is 38.6 Å². The number of aliphatic hydroxyl groups is 1. The first kappa shape index (κ1) is 13.4. The minimum absolute atomic E-state index is 0.118. The van der Waals surface area contributed by atoms with Crippen LogP contribution in [-0.2, 0) is 6.42 Å². The predicted molar refractivity (Wildman–Crippen MR) is 85.4 cm³/mol. The van der Waals surface area contributed by atoms with E-state index in [1.807, 2.05) is 0 Å². The first-order chi connectivity index (χ1) is 10.3. The second-order valence-electron chi connectivity index (χ2n) is 6.83. The molecule has 4 rings (SSSR count). The summed E-state index contributed by atoms with van der Waals surface area (Å²) in [6.45, 7) is 4.82. The first-order valence-electron chi connectivity index (χ1n) is 8.21. The molecule has 112 valence electrons. The maximum atomic E-state index is 9.89. The number of rotatable bonds is 2. The molecule has 0 bridgehead atoms. The van der Waals surface area contributed by atoms with E-state index in [4.69, 9.17) is 0 Å². The highest BCUT2D eigenvalue weighted by Gasteiger charge is 2.41. The molecule has 3 nitrogen and oxygen atoms in total. The molecule has 0 amide bonds. The van der Waals surface area contributed by atoms with Gasteiger partial charge in [-0.05, 0) is 49.3 Å². The number of aliphatic hydroxyl groups excluding tert-OH is 1. The largest absolute Gasteiger partial charge is 0.396 e. The Morgan fingerprint density at radius 3 is 3.00 bits per heavy atom. The lowest BCUT2D eigenvalue weighted by Crippen LogP contribution is -2.46. The molecular formula is C18H24N2O. The number of hydrogen-bond acceptors (Lipinski definition) is 2. The summed E-state index contributed by atoms with van der Waals surface area (Å²) in [4.78, 5) is 6.29. The van der Waals surface area contributed by atoms with Gasteiger partial charge in [-0.3, -0.25) is 4.90 Å². The van der Waals surface area contributed by atoms with Crippen LogP contribution in [0.2, 0.25) is 0 Å². The molecule has 3 heteroatoms. The van der Waals surface area contributed by atoms with Crippen molar-refractivity contribution >= 4 is 10.9 Å². The van der Waals surface area contributed by atoms with E-state index >= 15 is 0 Å². The highest BCUT2D eigenvalue weighted by atomic mass is 16.3. The fourth-order valence-electron chi connectivity index (χ4n) is 4.34. The van der Waals surface area contributed by atoms with Crippen LogP contribution in [0.5, 0.6) is 0 Å². The Morgan fingerprint density at radius 2 is 2.19 bits per heavy atom. The van der Waals surface area contributed by atoms with Crippen LogP contribution in [0.25, 0.3) is 10.9 Å². The van der Waals surface area contributed by atoms with Gasteiger partial charge in [-0.25, -0.2) is 0 Å². The van der Waals surface area contributed by atoms with Crippen LogP contribution in [0, 0.1) is 5.41 Å². The molecule has 1 fully saturated rings. The van der Waals surface area contributed by atoms with Crippen molar-refractivity contribution in [1.82, 2.24) is 9.88 Å². The predicted octanol–water partition coefficient (Wildman–Crippen LogP) is 3.25. The number of nitrogens with one attached hydrogen (secondary N) is 1. The Hall–Kier alpha value is -1.32. The molecule has 3 heterocycles. The topological polar surface area (TPSA) is 39.3 Å². The van der Waals surface area contributed by atoms with Gasteiger partial charge in [0.05, 0.1) is 6.04 Å². The molecule has 2 atom stereocenters. The summed E-state index contributed by atoms with van der Waals surface area (Å²) < 4.78 is 0. The third kappa shape index (κ3) is 1.95. The molecule has 2 aliphatic rings. The number of aromatic nitrogens is 1. The van der Waals surface area contributed by atoms with Gasteiger partial charge in [0.1, 0.15) is 0 Å². The van der Waals surface area contributed by atoms with E-state index in [1.165, 1.54) is 22.2 Å². The SMILES string of the molecule is CCC1(CO)CCN2CCc3c([nH]c4ccccc34)[C@@H]2C1. The van der Waals surface area contributed by atoms with Crippen molar-refractivity contribution in [2.75, 3.05) is 19.7 Å². The van der Waals surface area contributed by atoms with Crippen LogP contribution < -0.4 is 0 Å². The molecule has 0 aliphatic carbocycles. The molecule has 2 aromatic rings. The fraction of sp³-hybridized carbons (Fsp3) is 0.556. The van der Waals surface area contributed by atoms with Crippen molar-refractivity contribution in [1.29, 1.82) is 0 Å². The molecule has 21 heavy (non-hydrogen) atoms. The van der Waals surface area contributed by atoms with Crippen molar-refractivity contribution in [3.8, 4) is 0 Å². The Balaban J connectivity index is 1.78. The number of H-pyrrole nitrogens is 1. The average Bonchev–Trinajstić information content (AvgIpc) is 2.93. The van der Waals surface area contributed by atoms with E-state index in [-0.39, 0.29) is 5.41 Å². The Kier molecular flexibility index (Phi) is 3.09. The van der Waals surface area contributed by atoms with Crippen LogP contribution in [0.1, 0.15) is 43.5 Å². The van der Waals surface area contributed by atoms with E-state index in [0.29, 0.717) is 12.6 Å². The zero-order valence-corrected chi connectivity index (χ0v) is 12.7. The standard InChI is InChI=1S/C18H24N2O/c1-2-18(12-21)8-10-20-9-7-14-13-5-3-4-6-15(13)19-17(14)16(20)11-18/h3-6,16,19,21H,2,7-12H2,1H3/t16-,18?/m0/s1. The fourth-order valence-corrected chi connectivity index (χ4v) is 4.34. The maximum absolute atomic E-state index is 9.89. The summed E-state index contributed by atoms with van der Waals surface area (Å²) >= 11 is 0. The van der Waals surface area contributed by atoms with Crippen molar-refractivity contribution in [3.63, 3.8) is 0 Å². The van der Waals surface area contributed by atoms with E-state index in [1.54, 1.807) is 0 Å². The third-order valence-electron chi connectivity index (χ3n) is 5.91. The van der Waals surface area contributed by atoms with E-state index in [9.17, 15) is 5.11 Å². The second kappa shape index (κ2) is 4.85. The number of para-hydroxylation sites is 1. The van der Waals surface area contributed by atoms with Gasteiger partial charge >= 0.3 is 0 Å². The first-order valence-corrected chi connectivity index (χ1v) is 8.21. The van der Waals surface area contributed by atoms with Crippen LogP contribution in [-0.4, -0.2) is 34.7 Å². The van der Waals surface area contributed by atoms with E-state index in [2.05, 4.69) is 41.1 Å². The number of hydrogen-bond donors (Lipinski definition) is 2. The Morgan fingerprint density at radius 1 is 1.33 bits per heavy atom. The highest BCUT2D eigenvalue weighted by Crippen LogP contribution is 2.47. The average molecular weight is 284 g/mol. The van der Waals surface area contributed by atoms with Gasteiger partial charge in [0, 0.05) is 29.7 Å². The molecule has 2 aliphatic heterocycles. The zero-order valence-electron chi connectivity index (χ0n) is 12.7. The summed E-state index contributed by atoms with van der Waals surface area (Å²) in [5, 5.41) is 11.3. The van der Waals surface area contributed by atoms with Gasteiger partial charge in [-0.15, -0.1) is 0 Å². The number of fused-ring (bicyclic) bond motifs is 5. The number of piperidine rings is 1. The minimum Gasteiger partial charge on any atom is -0.396 e. The molecule has 1 aromatic carbocycles. The second-order valence-corrected chi connectivity index (χ2v) is 6.83. The van der Waals surface area contributed by atoms with Gasteiger partial charge in [0.2, 0.25) is 0 Å². The van der Waals surface area contributed by atoms with Crippen LogP contribution in [0.15, 0.2) is 24.3 Å². The van der Waals surface area contributed by atoms with E-state index in [0.717, 1.165) is 38.8 Å². The van der Waals surface area contributed by atoms with Gasteiger partial charge in [-0.2, -0.15) is 0 Å². The monoisotopic (exact) mass is 284 g/mol. The molecule has 1 unspecified atom stereocenters. The van der Waals surface area contributed by atoms with Crippen molar-refractivity contribution < 1.29 is 5.11 Å². The van der Waals surface area contributed by atoms with Gasteiger partial charge in [0.25, 0.3) is 0 Å². The summed E-state index contributed by atoms with van der Waals surface area (Å²) in [6, 6.07) is 9.12. The number of nitrogens with zero attached hydrogens (tertiary/aromatic N) is 1. The summed E-state index contributed by atoms with van der Waals surface area (Å²) in [7, 11) is 0. The molecule has 1 saturated heterocycles. The lowest BCUT2D eigenvalue weighted by Gasteiger charge is -2.47. The molecular weight excluding hydrogens is 260 g/mol. The Labute approximate surface area is 126 Å². The quantitative estimate of drug-likeness (QED) is 0.888. The molecule has 1 aromatic heterocycles. The smallest absolute Gasteiger partial charge is 0.0507 e. The van der Waals surface area contributed by atoms with Gasteiger partial charge in [0.15, 0.2) is 0 Å². The number of benzene rings is 1. The normalized spacial score (nSPS) is 29.3. The van der Waals surface area contributed by atoms with Crippen molar-refractivity contribution in [2.24, 2.45) is 5.41 Å². The lowest BCUT2D eigenvalue weighted by atomic mass is 9.72. The zero-order chi connectivity index (χ0) is 14.4. The van der Waals surface area contributed by atoms with E-state index < -0.39 is 0 Å². The van der Waals surface area contributed by atoms with Gasteiger partial charge < -0.3 is 10.1 Å². The lowest BCUT2D eigenvalue weighted by molar-refractivity contribution is -0.000540. The molecule has 0 spiro atoms. The van der Waals surface area contributed by atoms with Crippen LogP contribution in [0.4, 0.5) is 0 Å². The molecule has 0 saturated carbocycles. The summed E-state index contributed by atoms with van der Waals surface area (Å²) in [5.41, 5.74) is 4.30. The Bertz CT molecular complexity index is 656. The maximum Gasteiger partial charge on any atom is 0.0507 e. The van der Waals surface area contributed by atoms with Crippen LogP contribution >= 0.6 is 0 Å². The molecule has 2 N–H and O–H groups in total. The molecule has 0 radical (unpaired) electrons. The number of aromatic amines is 1. The third-order valence-corrected chi connectivity index (χ3v) is 5.91. The summed E-state index contributed by atoms with van der Waals surface area (Å²) in [5.74, 6) is 0. The van der Waals surface area contributed by atoms with Gasteiger partial charge in [-0.1, -0.05) is 25.1 Å². The minimum atomic E-state index is 0.118.